The Labute approximate surface area is 267 Å². The molecule has 1 aromatic carbocycles. The van der Waals surface area contributed by atoms with E-state index in [1.165, 1.54) is 0 Å². The van der Waals surface area contributed by atoms with Crippen LogP contribution in [0.2, 0.25) is 0 Å². The van der Waals surface area contributed by atoms with Crippen LogP contribution in [0.25, 0.3) is 21.9 Å². The average molecular weight is 629 g/mol. The van der Waals surface area contributed by atoms with Crippen molar-refractivity contribution in [3.8, 4) is 0 Å². The van der Waals surface area contributed by atoms with Crippen molar-refractivity contribution in [3.05, 3.63) is 30.1 Å². The van der Waals surface area contributed by atoms with Gasteiger partial charge in [-0.2, -0.15) is 0 Å². The Morgan fingerprint density at radius 2 is 1.33 bits per heavy atom. The Bertz CT molecular complexity index is 1300. The average Bonchev–Trinajstić information content (AvgIpc) is 3.40. The second-order valence-corrected chi connectivity index (χ2v) is 11.1. The lowest BCUT2D eigenvalue weighted by atomic mass is 10.1. The van der Waals surface area contributed by atoms with Crippen LogP contribution in [-0.2, 0) is 46.2 Å². The molecule has 0 amide bonds. The second kappa shape index (κ2) is 21.7. The first-order valence-electron chi connectivity index (χ1n) is 16.4. The van der Waals surface area contributed by atoms with Crippen molar-refractivity contribution < 1.29 is 33.3 Å². The number of nitrogens with two attached hydrogens (primary N) is 1. The summed E-state index contributed by atoms with van der Waals surface area (Å²) in [5.41, 5.74) is 9.05. The molecule has 2 heterocycles. The van der Waals surface area contributed by atoms with Gasteiger partial charge in [0, 0.05) is 37.6 Å². The SMILES string of the molecule is CCCCc1nc2c(N)nc3ccccc3c2n1CCCCCC(=O)CCOCCOCCOCCOCCOCCC(C)=O. The van der Waals surface area contributed by atoms with Gasteiger partial charge in [-0.15, -0.1) is 0 Å². The number of fused-ring (bicyclic) bond motifs is 3. The summed E-state index contributed by atoms with van der Waals surface area (Å²) in [6.45, 7) is 9.23. The Morgan fingerprint density at radius 1 is 0.733 bits per heavy atom. The minimum absolute atomic E-state index is 0.123. The minimum atomic E-state index is 0.123. The summed E-state index contributed by atoms with van der Waals surface area (Å²) in [4.78, 5) is 32.6. The van der Waals surface area contributed by atoms with Gasteiger partial charge in [-0.05, 0) is 32.3 Å². The van der Waals surface area contributed by atoms with Crippen LogP contribution >= 0.6 is 0 Å². The van der Waals surface area contributed by atoms with Crippen molar-refractivity contribution in [2.45, 2.75) is 78.2 Å². The lowest BCUT2D eigenvalue weighted by Crippen LogP contribution is -2.14. The third-order valence-corrected chi connectivity index (χ3v) is 7.39. The number of ether oxygens (including phenoxy) is 5. The molecule has 0 saturated heterocycles. The van der Waals surface area contributed by atoms with Crippen LogP contribution in [-0.4, -0.2) is 92.2 Å². The van der Waals surface area contributed by atoms with E-state index < -0.39 is 0 Å². The van der Waals surface area contributed by atoms with Crippen molar-refractivity contribution in [2.24, 2.45) is 0 Å². The number of rotatable bonds is 27. The summed E-state index contributed by atoms with van der Waals surface area (Å²) in [7, 11) is 0. The highest BCUT2D eigenvalue weighted by atomic mass is 16.6. The molecule has 0 bridgehead atoms. The van der Waals surface area contributed by atoms with E-state index in [4.69, 9.17) is 34.4 Å². The van der Waals surface area contributed by atoms with Gasteiger partial charge < -0.3 is 34.0 Å². The maximum Gasteiger partial charge on any atom is 0.152 e. The number of anilines is 1. The summed E-state index contributed by atoms with van der Waals surface area (Å²) in [5, 5.41) is 1.08. The number of aryl methyl sites for hydroxylation is 2. The molecule has 3 aromatic rings. The Balaban J connectivity index is 1.20. The normalized spacial score (nSPS) is 11.6. The van der Waals surface area contributed by atoms with E-state index >= 15 is 0 Å². The summed E-state index contributed by atoms with van der Waals surface area (Å²) in [6, 6.07) is 8.09. The maximum absolute atomic E-state index is 12.3. The highest BCUT2D eigenvalue weighted by Crippen LogP contribution is 2.29. The summed E-state index contributed by atoms with van der Waals surface area (Å²) in [6.07, 6.45) is 7.33. The number of nitrogen functional groups attached to an aromatic ring is 1. The van der Waals surface area contributed by atoms with Gasteiger partial charge in [0.05, 0.1) is 77.1 Å². The molecule has 0 aliphatic heterocycles. The number of carbonyl (C=O) groups is 2. The predicted octanol–water partition coefficient (Wildman–Crippen LogP) is 5.09. The first-order valence-corrected chi connectivity index (χ1v) is 16.4. The molecular weight excluding hydrogens is 576 g/mol. The fourth-order valence-corrected chi connectivity index (χ4v) is 4.95. The van der Waals surface area contributed by atoms with Crippen LogP contribution in [0.1, 0.15) is 71.0 Å². The van der Waals surface area contributed by atoms with E-state index in [0.717, 1.165) is 72.8 Å². The van der Waals surface area contributed by atoms with Crippen LogP contribution in [0.3, 0.4) is 0 Å². The number of benzene rings is 1. The quantitative estimate of drug-likeness (QED) is 0.114. The Hall–Kier alpha value is -2.96. The Morgan fingerprint density at radius 3 is 1.96 bits per heavy atom. The van der Waals surface area contributed by atoms with E-state index in [9.17, 15) is 9.59 Å². The zero-order chi connectivity index (χ0) is 32.1. The predicted molar refractivity (Wildman–Crippen MR) is 176 cm³/mol. The molecule has 250 valence electrons. The first kappa shape index (κ1) is 36.5. The molecule has 0 radical (unpaired) electrons. The molecule has 0 unspecified atom stereocenters. The van der Waals surface area contributed by atoms with E-state index in [1.54, 1.807) is 6.92 Å². The van der Waals surface area contributed by atoms with E-state index in [-0.39, 0.29) is 11.6 Å². The van der Waals surface area contributed by atoms with Crippen LogP contribution in [0, 0.1) is 0 Å². The van der Waals surface area contributed by atoms with Crippen molar-refractivity contribution >= 4 is 39.3 Å². The number of unbranched alkanes of at least 4 members (excludes halogenated alkanes) is 3. The van der Waals surface area contributed by atoms with Crippen molar-refractivity contribution in [1.29, 1.82) is 0 Å². The molecule has 2 N–H and O–H groups in total. The second-order valence-electron chi connectivity index (χ2n) is 11.1. The molecule has 0 saturated carbocycles. The zero-order valence-electron chi connectivity index (χ0n) is 27.2. The smallest absolute Gasteiger partial charge is 0.152 e. The first-order chi connectivity index (χ1) is 22.0. The fourth-order valence-electron chi connectivity index (χ4n) is 4.95. The number of ketones is 2. The fraction of sp³-hybridized carbons (Fsp3) is 0.647. The van der Waals surface area contributed by atoms with Gasteiger partial charge >= 0.3 is 0 Å². The third-order valence-electron chi connectivity index (χ3n) is 7.39. The van der Waals surface area contributed by atoms with Crippen molar-refractivity contribution in [3.63, 3.8) is 0 Å². The molecule has 3 rings (SSSR count). The summed E-state index contributed by atoms with van der Waals surface area (Å²) >= 11 is 0. The molecule has 0 atom stereocenters. The minimum Gasteiger partial charge on any atom is -0.382 e. The molecule has 2 aromatic heterocycles. The largest absolute Gasteiger partial charge is 0.382 e. The number of aromatic nitrogens is 3. The number of carbonyl (C=O) groups excluding carboxylic acids is 2. The number of para-hydroxylation sites is 1. The highest BCUT2D eigenvalue weighted by molar-refractivity contribution is 6.06. The van der Waals surface area contributed by atoms with E-state index in [1.807, 2.05) is 18.2 Å². The van der Waals surface area contributed by atoms with E-state index in [2.05, 4.69) is 22.5 Å². The van der Waals surface area contributed by atoms with Crippen LogP contribution in [0.15, 0.2) is 24.3 Å². The molecule has 11 heteroatoms. The number of Topliss-reactive ketones (excluding diaryl/α,β-unsaturated/α-hetero) is 2. The lowest BCUT2D eigenvalue weighted by Gasteiger charge is -2.11. The number of pyridine rings is 1. The maximum atomic E-state index is 12.3. The van der Waals surface area contributed by atoms with Gasteiger partial charge in [-0.1, -0.05) is 38.0 Å². The monoisotopic (exact) mass is 628 g/mol. The molecular formula is C34H52N4O7. The standard InChI is InChI=1S/C34H52N4O7/c1-3-4-13-31-37-32-33(29-11-7-8-12-30(29)36-34(32)35)38(31)16-9-5-6-10-28(40)15-18-42-20-22-44-24-26-45-25-23-43-21-19-41-17-14-27(2)39/h7-8,11-12H,3-6,9-10,13-26H2,1-2H3,(H2,35,36). The molecule has 0 aliphatic rings. The number of hydrogen-bond acceptors (Lipinski definition) is 10. The van der Waals surface area contributed by atoms with Gasteiger partial charge in [-0.25, -0.2) is 9.97 Å². The number of hydrogen-bond donors (Lipinski definition) is 1. The van der Waals surface area contributed by atoms with Gasteiger partial charge in [-0.3, -0.25) is 9.59 Å². The number of imidazole rings is 1. The summed E-state index contributed by atoms with van der Waals surface area (Å²) in [5.74, 6) is 1.90. The van der Waals surface area contributed by atoms with Crippen molar-refractivity contribution in [1.82, 2.24) is 14.5 Å². The van der Waals surface area contributed by atoms with Crippen molar-refractivity contribution in [2.75, 3.05) is 71.8 Å². The highest BCUT2D eigenvalue weighted by Gasteiger charge is 2.17. The summed E-state index contributed by atoms with van der Waals surface area (Å²) < 4.78 is 29.5. The van der Waals surface area contributed by atoms with Crippen LogP contribution in [0.5, 0.6) is 0 Å². The number of nitrogens with zero attached hydrogens (tertiary/aromatic N) is 3. The lowest BCUT2D eigenvalue weighted by molar-refractivity contribution is -0.120. The topological polar surface area (TPSA) is 137 Å². The van der Waals surface area contributed by atoms with Gasteiger partial charge in [0.2, 0.25) is 0 Å². The third kappa shape index (κ3) is 13.5. The van der Waals surface area contributed by atoms with Crippen LogP contribution < -0.4 is 5.73 Å². The molecule has 11 nitrogen and oxygen atoms in total. The molecule has 0 spiro atoms. The van der Waals surface area contributed by atoms with Gasteiger partial charge in [0.25, 0.3) is 0 Å². The van der Waals surface area contributed by atoms with Gasteiger partial charge in [0.15, 0.2) is 5.82 Å². The zero-order valence-corrected chi connectivity index (χ0v) is 27.2. The Kier molecular flexibility index (Phi) is 17.6. The molecule has 0 fully saturated rings. The van der Waals surface area contributed by atoms with E-state index in [0.29, 0.717) is 91.1 Å². The molecule has 0 aliphatic carbocycles. The molecule has 45 heavy (non-hydrogen) atoms. The van der Waals surface area contributed by atoms with Gasteiger partial charge in [0.1, 0.15) is 22.9 Å². The van der Waals surface area contributed by atoms with Crippen LogP contribution in [0.4, 0.5) is 5.82 Å².